The summed E-state index contributed by atoms with van der Waals surface area (Å²) in [5.74, 6) is -0.814. The SMILES string of the molecule is CN1CCN([C@@H]2CCN(C(=O)c3nn(C)cc3Cl)C[C@@H]2CCC(=O)O)CC1. The van der Waals surface area contributed by atoms with Crippen molar-refractivity contribution in [3.63, 3.8) is 0 Å². The van der Waals surface area contributed by atoms with Gasteiger partial charge in [-0.15, -0.1) is 0 Å². The van der Waals surface area contributed by atoms with Crippen molar-refractivity contribution in [3.8, 4) is 0 Å². The lowest BCUT2D eigenvalue weighted by molar-refractivity contribution is -0.137. The number of hydrogen-bond acceptors (Lipinski definition) is 5. The van der Waals surface area contributed by atoms with E-state index in [1.165, 1.54) is 4.68 Å². The summed E-state index contributed by atoms with van der Waals surface area (Å²) in [6.07, 6.45) is 3.17. The number of likely N-dealkylation sites (N-methyl/N-ethyl adjacent to an activating group) is 1. The highest BCUT2D eigenvalue weighted by molar-refractivity contribution is 6.33. The summed E-state index contributed by atoms with van der Waals surface area (Å²) in [5, 5.41) is 13.7. The van der Waals surface area contributed by atoms with Crippen molar-refractivity contribution in [3.05, 3.63) is 16.9 Å². The van der Waals surface area contributed by atoms with Crippen LogP contribution in [-0.4, -0.2) is 93.8 Å². The second-order valence-corrected chi connectivity index (χ2v) is 8.05. The molecule has 0 unspecified atom stereocenters. The van der Waals surface area contributed by atoms with Crippen molar-refractivity contribution in [2.24, 2.45) is 13.0 Å². The highest BCUT2D eigenvalue weighted by Crippen LogP contribution is 2.28. The lowest BCUT2D eigenvalue weighted by atomic mass is 9.86. The van der Waals surface area contributed by atoms with E-state index in [9.17, 15) is 9.59 Å². The molecule has 8 nitrogen and oxygen atoms in total. The van der Waals surface area contributed by atoms with Gasteiger partial charge in [0.2, 0.25) is 0 Å². The van der Waals surface area contributed by atoms with Crippen LogP contribution < -0.4 is 0 Å². The van der Waals surface area contributed by atoms with Crippen molar-refractivity contribution < 1.29 is 14.7 Å². The number of piperidine rings is 1. The molecule has 3 heterocycles. The maximum Gasteiger partial charge on any atom is 0.303 e. The van der Waals surface area contributed by atoms with Gasteiger partial charge in [0.1, 0.15) is 0 Å². The largest absolute Gasteiger partial charge is 0.481 e. The summed E-state index contributed by atoms with van der Waals surface area (Å²) < 4.78 is 1.54. The first-order chi connectivity index (χ1) is 12.8. The summed E-state index contributed by atoms with van der Waals surface area (Å²) in [7, 11) is 3.86. The Morgan fingerprint density at radius 1 is 1.22 bits per heavy atom. The molecule has 1 aromatic heterocycles. The van der Waals surface area contributed by atoms with Gasteiger partial charge in [-0.05, 0) is 25.8 Å². The van der Waals surface area contributed by atoms with Gasteiger partial charge in [-0.2, -0.15) is 5.10 Å². The number of aliphatic carboxylic acids is 1. The average Bonchev–Trinajstić information content (AvgIpc) is 2.98. The number of aryl methyl sites for hydroxylation is 1. The van der Waals surface area contributed by atoms with Crippen LogP contribution in [0.3, 0.4) is 0 Å². The van der Waals surface area contributed by atoms with Gasteiger partial charge in [-0.3, -0.25) is 19.2 Å². The highest BCUT2D eigenvalue weighted by atomic mass is 35.5. The predicted molar refractivity (Wildman–Crippen MR) is 102 cm³/mol. The molecule has 2 atom stereocenters. The topological polar surface area (TPSA) is 81.9 Å². The Balaban J connectivity index is 1.71. The number of carboxylic acids is 1. The third-order valence-corrected chi connectivity index (χ3v) is 5.98. The lowest BCUT2D eigenvalue weighted by Gasteiger charge is -2.46. The van der Waals surface area contributed by atoms with Crippen LogP contribution in [0.5, 0.6) is 0 Å². The fraction of sp³-hybridized carbons (Fsp3) is 0.722. The van der Waals surface area contributed by atoms with Gasteiger partial charge in [-0.1, -0.05) is 11.6 Å². The Hall–Kier alpha value is -1.64. The summed E-state index contributed by atoms with van der Waals surface area (Å²) in [6.45, 7) is 5.22. The predicted octanol–water partition coefficient (Wildman–Crippen LogP) is 1.02. The zero-order valence-electron chi connectivity index (χ0n) is 16.0. The molecule has 9 heteroatoms. The summed E-state index contributed by atoms with van der Waals surface area (Å²) in [5.41, 5.74) is 0.272. The van der Waals surface area contributed by atoms with Gasteiger partial charge in [0.25, 0.3) is 5.91 Å². The van der Waals surface area contributed by atoms with E-state index in [1.54, 1.807) is 18.1 Å². The van der Waals surface area contributed by atoms with Crippen molar-refractivity contribution in [2.45, 2.75) is 25.3 Å². The summed E-state index contributed by atoms with van der Waals surface area (Å²) >= 11 is 6.14. The molecule has 1 N–H and O–H groups in total. The molecule has 0 aliphatic carbocycles. The molecule has 0 radical (unpaired) electrons. The molecule has 0 saturated carbocycles. The van der Waals surface area contributed by atoms with Gasteiger partial charge in [0.15, 0.2) is 5.69 Å². The van der Waals surface area contributed by atoms with Gasteiger partial charge in [0, 0.05) is 65.0 Å². The number of hydrogen-bond donors (Lipinski definition) is 1. The van der Waals surface area contributed by atoms with Crippen LogP contribution in [-0.2, 0) is 11.8 Å². The molecule has 2 aliphatic rings. The van der Waals surface area contributed by atoms with Crippen molar-refractivity contribution in [1.29, 1.82) is 0 Å². The lowest BCUT2D eigenvalue weighted by Crippen LogP contribution is -2.57. The zero-order chi connectivity index (χ0) is 19.6. The van der Waals surface area contributed by atoms with Crippen molar-refractivity contribution >= 4 is 23.5 Å². The Morgan fingerprint density at radius 2 is 1.93 bits per heavy atom. The number of nitrogens with zero attached hydrogens (tertiary/aromatic N) is 5. The first kappa shape index (κ1) is 20.1. The van der Waals surface area contributed by atoms with E-state index in [-0.39, 0.29) is 23.9 Å². The molecule has 2 fully saturated rings. The van der Waals surface area contributed by atoms with Crippen LogP contribution in [0.4, 0.5) is 0 Å². The molecule has 2 aliphatic heterocycles. The maximum atomic E-state index is 12.9. The number of halogens is 1. The molecule has 0 spiro atoms. The number of carbonyl (C=O) groups excluding carboxylic acids is 1. The second-order valence-electron chi connectivity index (χ2n) is 7.64. The second kappa shape index (κ2) is 8.58. The van der Waals surface area contributed by atoms with Gasteiger partial charge in [0.05, 0.1) is 5.02 Å². The maximum absolute atomic E-state index is 12.9. The van der Waals surface area contributed by atoms with Crippen molar-refractivity contribution in [1.82, 2.24) is 24.5 Å². The summed E-state index contributed by atoms with van der Waals surface area (Å²) in [6, 6.07) is 0.321. The highest BCUT2D eigenvalue weighted by Gasteiger charge is 2.37. The molecule has 3 rings (SSSR count). The zero-order valence-corrected chi connectivity index (χ0v) is 16.7. The van der Waals surface area contributed by atoms with Crippen LogP contribution in [0.1, 0.15) is 29.8 Å². The molecule has 0 bridgehead atoms. The van der Waals surface area contributed by atoms with Crippen LogP contribution in [0, 0.1) is 5.92 Å². The van der Waals surface area contributed by atoms with Crippen LogP contribution in [0.25, 0.3) is 0 Å². The molecule has 1 aromatic rings. The van der Waals surface area contributed by atoms with Crippen molar-refractivity contribution in [2.75, 3.05) is 46.3 Å². The number of aromatic nitrogens is 2. The fourth-order valence-electron chi connectivity index (χ4n) is 4.19. The number of carbonyl (C=O) groups is 2. The quantitative estimate of drug-likeness (QED) is 0.798. The molecular weight excluding hydrogens is 370 g/mol. The first-order valence-corrected chi connectivity index (χ1v) is 9.85. The number of amides is 1. The van der Waals surface area contributed by atoms with E-state index < -0.39 is 5.97 Å². The van der Waals surface area contributed by atoms with Crippen LogP contribution >= 0.6 is 11.6 Å². The van der Waals surface area contributed by atoms with E-state index in [2.05, 4.69) is 21.9 Å². The molecular formula is C18H28ClN5O3. The molecule has 0 aromatic carbocycles. The minimum atomic E-state index is -0.789. The monoisotopic (exact) mass is 397 g/mol. The molecule has 150 valence electrons. The minimum absolute atomic E-state index is 0.126. The van der Waals surface area contributed by atoms with E-state index in [0.717, 1.165) is 32.6 Å². The van der Waals surface area contributed by atoms with Gasteiger partial charge >= 0.3 is 5.97 Å². The fourth-order valence-corrected chi connectivity index (χ4v) is 4.45. The first-order valence-electron chi connectivity index (χ1n) is 9.48. The van der Waals surface area contributed by atoms with E-state index >= 15 is 0 Å². The number of carboxylic acid groups (broad SMARTS) is 1. The number of piperazine rings is 1. The van der Waals surface area contributed by atoms with Crippen LogP contribution in [0.15, 0.2) is 6.20 Å². The van der Waals surface area contributed by atoms with Gasteiger partial charge in [-0.25, -0.2) is 0 Å². The number of likely N-dealkylation sites (tertiary alicyclic amines) is 1. The Bertz CT molecular complexity index is 687. The standard InChI is InChI=1S/C18H28ClN5O3/c1-21-7-9-23(10-8-21)15-5-6-24(11-13(15)3-4-16(25)26)18(27)17-14(19)12-22(2)20-17/h12-13,15H,3-11H2,1-2H3,(H,25,26)/t13-,15+/m0/s1. The minimum Gasteiger partial charge on any atom is -0.481 e. The molecule has 1 amide bonds. The Labute approximate surface area is 164 Å². The van der Waals surface area contributed by atoms with E-state index in [4.69, 9.17) is 16.7 Å². The Morgan fingerprint density at radius 3 is 2.52 bits per heavy atom. The van der Waals surface area contributed by atoms with Gasteiger partial charge < -0.3 is 14.9 Å². The molecule has 2 saturated heterocycles. The smallest absolute Gasteiger partial charge is 0.303 e. The summed E-state index contributed by atoms with van der Waals surface area (Å²) in [4.78, 5) is 30.6. The number of rotatable bonds is 5. The average molecular weight is 398 g/mol. The Kier molecular flexibility index (Phi) is 6.39. The van der Waals surface area contributed by atoms with E-state index in [0.29, 0.717) is 30.6 Å². The third kappa shape index (κ3) is 4.80. The normalized spacial score (nSPS) is 24.9. The van der Waals surface area contributed by atoms with Crippen LogP contribution in [0.2, 0.25) is 5.02 Å². The third-order valence-electron chi connectivity index (χ3n) is 5.70. The molecule has 27 heavy (non-hydrogen) atoms. The van der Waals surface area contributed by atoms with E-state index in [1.807, 2.05) is 0 Å².